The predicted molar refractivity (Wildman–Crippen MR) is 61.9 cm³/mol. The Morgan fingerprint density at radius 1 is 1.14 bits per heavy atom. The van der Waals surface area contributed by atoms with Crippen molar-refractivity contribution in [3.8, 4) is 0 Å². The summed E-state index contributed by atoms with van der Waals surface area (Å²) >= 11 is 11.9. The van der Waals surface area contributed by atoms with Crippen LogP contribution in [0.2, 0.25) is 0 Å². The van der Waals surface area contributed by atoms with Crippen molar-refractivity contribution >= 4 is 23.2 Å². The van der Waals surface area contributed by atoms with Crippen LogP contribution in [0.1, 0.15) is 37.3 Å². The summed E-state index contributed by atoms with van der Waals surface area (Å²) in [6, 6.07) is 8.51. The Kier molecular flexibility index (Phi) is 2.53. The Morgan fingerprint density at radius 2 is 1.64 bits per heavy atom. The fourth-order valence-corrected chi connectivity index (χ4v) is 2.05. The van der Waals surface area contributed by atoms with E-state index in [4.69, 9.17) is 23.2 Å². The molecule has 1 aliphatic carbocycles. The van der Waals surface area contributed by atoms with Crippen LogP contribution in [0.25, 0.3) is 0 Å². The zero-order valence-electron chi connectivity index (χ0n) is 8.35. The third-order valence-corrected chi connectivity index (χ3v) is 3.36. The van der Waals surface area contributed by atoms with E-state index in [0.717, 1.165) is 12.3 Å². The van der Waals surface area contributed by atoms with Crippen LogP contribution in [0.4, 0.5) is 0 Å². The van der Waals surface area contributed by atoms with Gasteiger partial charge in [0.15, 0.2) is 0 Å². The molecule has 0 aromatic heterocycles. The second kappa shape index (κ2) is 3.43. The lowest BCUT2D eigenvalue weighted by Gasteiger charge is -2.06. The number of alkyl halides is 2. The summed E-state index contributed by atoms with van der Waals surface area (Å²) in [4.78, 5) is 0. The SMILES string of the molecule is CC(C)c1ccc([C]2CC2(Cl)Cl)cc1. The van der Waals surface area contributed by atoms with Gasteiger partial charge in [-0.2, -0.15) is 0 Å². The van der Waals surface area contributed by atoms with Crippen molar-refractivity contribution in [2.75, 3.05) is 0 Å². The molecule has 0 nitrogen and oxygen atoms in total. The molecule has 0 amide bonds. The molecule has 2 heteroatoms. The van der Waals surface area contributed by atoms with Crippen molar-refractivity contribution < 1.29 is 0 Å². The van der Waals surface area contributed by atoms with Gasteiger partial charge in [0.05, 0.1) is 0 Å². The Balaban J connectivity index is 2.16. The standard InChI is InChI=1S/C12H13Cl2/c1-8(2)9-3-5-10(6-4-9)11-7-12(11,13)14/h3-6,8H,7H2,1-2H3. The molecule has 14 heavy (non-hydrogen) atoms. The molecule has 0 bridgehead atoms. The fraction of sp³-hybridized carbons (Fsp3) is 0.417. The average Bonchev–Trinajstić information content (AvgIpc) is 2.75. The second-order valence-electron chi connectivity index (χ2n) is 4.14. The average molecular weight is 228 g/mol. The molecule has 1 aromatic rings. The molecule has 1 radical (unpaired) electrons. The number of hydrogen-bond acceptors (Lipinski definition) is 0. The number of rotatable bonds is 2. The van der Waals surface area contributed by atoms with Gasteiger partial charge in [-0.3, -0.25) is 0 Å². The Hall–Kier alpha value is -0.200. The summed E-state index contributed by atoms with van der Waals surface area (Å²) in [5.41, 5.74) is 2.53. The largest absolute Gasteiger partial charge is 0.130 e. The molecule has 75 valence electrons. The molecule has 2 rings (SSSR count). The lowest BCUT2D eigenvalue weighted by atomic mass is 10.0. The van der Waals surface area contributed by atoms with Gasteiger partial charge in [-0.25, -0.2) is 0 Å². The minimum absolute atomic E-state index is 0.574. The summed E-state index contributed by atoms with van der Waals surface area (Å²) in [6.07, 6.45) is 0.803. The van der Waals surface area contributed by atoms with E-state index in [2.05, 4.69) is 38.1 Å². The number of hydrogen-bond donors (Lipinski definition) is 0. The van der Waals surface area contributed by atoms with Crippen molar-refractivity contribution in [3.63, 3.8) is 0 Å². The second-order valence-corrected chi connectivity index (χ2v) is 5.62. The maximum absolute atomic E-state index is 5.97. The molecule has 1 saturated carbocycles. The van der Waals surface area contributed by atoms with Gasteiger partial charge in [-0.05, 0) is 23.5 Å². The van der Waals surface area contributed by atoms with E-state index in [9.17, 15) is 0 Å². The van der Waals surface area contributed by atoms with Gasteiger partial charge in [-0.1, -0.05) is 38.1 Å². The van der Waals surface area contributed by atoms with Crippen LogP contribution < -0.4 is 0 Å². The molecule has 1 aliphatic rings. The zero-order valence-corrected chi connectivity index (χ0v) is 9.86. The molecular weight excluding hydrogens is 215 g/mol. The normalized spacial score (nSPS) is 20.1. The molecule has 0 spiro atoms. The van der Waals surface area contributed by atoms with Crippen LogP contribution >= 0.6 is 23.2 Å². The van der Waals surface area contributed by atoms with Crippen LogP contribution in [-0.4, -0.2) is 4.33 Å². The van der Waals surface area contributed by atoms with Crippen LogP contribution in [0.15, 0.2) is 24.3 Å². The summed E-state index contributed by atoms with van der Waals surface area (Å²) < 4.78 is -0.584. The van der Waals surface area contributed by atoms with Gasteiger partial charge in [0.25, 0.3) is 0 Å². The van der Waals surface area contributed by atoms with Crippen LogP contribution in [0.3, 0.4) is 0 Å². The fourth-order valence-electron chi connectivity index (χ4n) is 1.56. The maximum atomic E-state index is 5.97. The summed E-state index contributed by atoms with van der Waals surface area (Å²) in [5.74, 6) is 1.72. The molecule has 0 heterocycles. The summed E-state index contributed by atoms with van der Waals surface area (Å²) in [5, 5.41) is 0. The lowest BCUT2D eigenvalue weighted by molar-refractivity contribution is 0.866. The minimum Gasteiger partial charge on any atom is -0.101 e. The first-order valence-corrected chi connectivity index (χ1v) is 5.61. The van der Waals surface area contributed by atoms with Gasteiger partial charge in [0, 0.05) is 5.92 Å². The molecule has 1 fully saturated rings. The van der Waals surface area contributed by atoms with Gasteiger partial charge in [0.1, 0.15) is 4.33 Å². The lowest BCUT2D eigenvalue weighted by Crippen LogP contribution is -1.92. The van der Waals surface area contributed by atoms with Gasteiger partial charge in [-0.15, -0.1) is 23.2 Å². The highest BCUT2D eigenvalue weighted by molar-refractivity contribution is 6.53. The Labute approximate surface area is 95.2 Å². The topological polar surface area (TPSA) is 0 Å². The Morgan fingerprint density at radius 3 is 2.00 bits per heavy atom. The first-order chi connectivity index (χ1) is 6.50. The minimum atomic E-state index is -0.584. The predicted octanol–water partition coefficient (Wildman–Crippen LogP) is 4.31. The zero-order chi connectivity index (χ0) is 10.3. The number of benzene rings is 1. The van der Waals surface area contributed by atoms with E-state index < -0.39 is 4.33 Å². The summed E-state index contributed by atoms with van der Waals surface area (Å²) in [7, 11) is 0. The highest BCUT2D eigenvalue weighted by Crippen LogP contribution is 2.58. The van der Waals surface area contributed by atoms with E-state index in [1.165, 1.54) is 11.1 Å². The van der Waals surface area contributed by atoms with Crippen LogP contribution in [0, 0.1) is 5.92 Å². The van der Waals surface area contributed by atoms with Crippen LogP contribution in [0.5, 0.6) is 0 Å². The summed E-state index contributed by atoms with van der Waals surface area (Å²) in [6.45, 7) is 4.37. The third-order valence-electron chi connectivity index (χ3n) is 2.64. The van der Waals surface area contributed by atoms with E-state index >= 15 is 0 Å². The maximum Gasteiger partial charge on any atom is 0.130 e. The monoisotopic (exact) mass is 227 g/mol. The first kappa shape index (κ1) is 10.3. The van der Waals surface area contributed by atoms with Crippen molar-refractivity contribution in [1.82, 2.24) is 0 Å². The highest BCUT2D eigenvalue weighted by atomic mass is 35.5. The van der Waals surface area contributed by atoms with Crippen molar-refractivity contribution in [1.29, 1.82) is 0 Å². The Bertz CT molecular complexity index is 325. The van der Waals surface area contributed by atoms with E-state index in [-0.39, 0.29) is 0 Å². The van der Waals surface area contributed by atoms with Gasteiger partial charge < -0.3 is 0 Å². The third kappa shape index (κ3) is 1.92. The van der Waals surface area contributed by atoms with Crippen LogP contribution in [-0.2, 0) is 0 Å². The van der Waals surface area contributed by atoms with E-state index in [1.54, 1.807) is 0 Å². The molecule has 0 saturated heterocycles. The van der Waals surface area contributed by atoms with E-state index in [1.807, 2.05) is 0 Å². The molecule has 0 aliphatic heterocycles. The molecule has 0 atom stereocenters. The van der Waals surface area contributed by atoms with Crippen molar-refractivity contribution in [2.24, 2.45) is 0 Å². The van der Waals surface area contributed by atoms with E-state index in [0.29, 0.717) is 5.92 Å². The molecular formula is C12H13Cl2. The van der Waals surface area contributed by atoms with Gasteiger partial charge in [0.2, 0.25) is 0 Å². The first-order valence-electron chi connectivity index (χ1n) is 4.85. The molecule has 0 N–H and O–H groups in total. The number of halogens is 2. The van der Waals surface area contributed by atoms with Crippen molar-refractivity contribution in [2.45, 2.75) is 30.5 Å². The highest BCUT2D eigenvalue weighted by Gasteiger charge is 2.53. The smallest absolute Gasteiger partial charge is 0.101 e. The molecule has 1 aromatic carbocycles. The molecule has 0 unspecified atom stereocenters. The quantitative estimate of drug-likeness (QED) is 0.661. The van der Waals surface area contributed by atoms with Crippen molar-refractivity contribution in [3.05, 3.63) is 41.3 Å². The van der Waals surface area contributed by atoms with Gasteiger partial charge >= 0.3 is 0 Å².